The molecule has 0 bridgehead atoms. The van der Waals surface area contributed by atoms with Crippen LogP contribution in [-0.4, -0.2) is 29.4 Å². The number of hydrogen-bond donors (Lipinski definition) is 0. The molecular formula is C23H27N3O3S. The molecule has 0 radical (unpaired) electrons. The van der Waals surface area contributed by atoms with E-state index in [1.54, 1.807) is 12.1 Å². The van der Waals surface area contributed by atoms with Crippen LogP contribution in [0, 0.1) is 6.92 Å². The summed E-state index contributed by atoms with van der Waals surface area (Å²) < 4.78 is 33.7. The highest BCUT2D eigenvalue weighted by molar-refractivity contribution is 7.89. The standard InChI is InChI=1S/C23H27N3O3S/c1-16-7-5-8-17(15-16)21-24-22(29-25-21)20-9-6-14-26(20)30(27,28)19-12-10-18(11-13-19)23(2,3)4/h5,7-8,10-13,15,20H,6,9,14H2,1-4H3/t20-/m0/s1. The van der Waals surface area contributed by atoms with Gasteiger partial charge in [-0.3, -0.25) is 0 Å². The van der Waals surface area contributed by atoms with Gasteiger partial charge in [-0.25, -0.2) is 8.42 Å². The van der Waals surface area contributed by atoms with Gasteiger partial charge in [-0.05, 0) is 48.9 Å². The predicted octanol–water partition coefficient (Wildman–Crippen LogP) is 4.87. The average Bonchev–Trinajstić information content (AvgIpc) is 3.37. The van der Waals surface area contributed by atoms with Crippen LogP contribution in [0.1, 0.15) is 56.7 Å². The Morgan fingerprint density at radius 3 is 2.50 bits per heavy atom. The first-order valence-electron chi connectivity index (χ1n) is 10.2. The highest BCUT2D eigenvalue weighted by atomic mass is 32.2. The molecule has 0 saturated carbocycles. The summed E-state index contributed by atoms with van der Waals surface area (Å²) in [6.07, 6.45) is 1.42. The lowest BCUT2D eigenvalue weighted by Gasteiger charge is -2.23. The molecule has 7 heteroatoms. The molecule has 30 heavy (non-hydrogen) atoms. The fourth-order valence-electron chi connectivity index (χ4n) is 3.81. The summed E-state index contributed by atoms with van der Waals surface area (Å²) >= 11 is 0. The molecule has 0 unspecified atom stereocenters. The topological polar surface area (TPSA) is 76.3 Å². The van der Waals surface area contributed by atoms with Crippen LogP contribution in [0.4, 0.5) is 0 Å². The lowest BCUT2D eigenvalue weighted by Crippen LogP contribution is -2.31. The summed E-state index contributed by atoms with van der Waals surface area (Å²) in [7, 11) is -3.65. The van der Waals surface area contributed by atoms with Gasteiger partial charge in [0, 0.05) is 12.1 Å². The molecule has 1 fully saturated rings. The van der Waals surface area contributed by atoms with Gasteiger partial charge in [0.1, 0.15) is 6.04 Å². The van der Waals surface area contributed by atoms with Crippen molar-refractivity contribution in [3.8, 4) is 11.4 Å². The Morgan fingerprint density at radius 1 is 1.10 bits per heavy atom. The molecule has 1 aromatic heterocycles. The Labute approximate surface area is 178 Å². The molecule has 0 amide bonds. The second-order valence-electron chi connectivity index (χ2n) is 8.87. The molecule has 4 rings (SSSR count). The maximum Gasteiger partial charge on any atom is 0.245 e. The third kappa shape index (κ3) is 3.91. The molecule has 3 aromatic rings. The second kappa shape index (κ2) is 7.63. The van der Waals surface area contributed by atoms with Gasteiger partial charge >= 0.3 is 0 Å². The highest BCUT2D eigenvalue weighted by Crippen LogP contribution is 2.37. The molecule has 2 heterocycles. The van der Waals surface area contributed by atoms with E-state index in [1.807, 2.05) is 43.3 Å². The van der Waals surface area contributed by atoms with Gasteiger partial charge in [-0.15, -0.1) is 0 Å². The smallest absolute Gasteiger partial charge is 0.245 e. The monoisotopic (exact) mass is 425 g/mol. The summed E-state index contributed by atoms with van der Waals surface area (Å²) in [6, 6.07) is 14.6. The zero-order valence-electron chi connectivity index (χ0n) is 17.8. The number of nitrogens with zero attached hydrogens (tertiary/aromatic N) is 3. The molecule has 6 nitrogen and oxygen atoms in total. The van der Waals surface area contributed by atoms with Crippen molar-refractivity contribution >= 4 is 10.0 Å². The number of aromatic nitrogens is 2. The quantitative estimate of drug-likeness (QED) is 0.596. The van der Waals surface area contributed by atoms with Crippen LogP contribution in [0.25, 0.3) is 11.4 Å². The third-order valence-corrected chi connectivity index (χ3v) is 7.46. The average molecular weight is 426 g/mol. The lowest BCUT2D eigenvalue weighted by atomic mass is 9.87. The number of rotatable bonds is 4. The van der Waals surface area contributed by atoms with Gasteiger partial charge in [-0.2, -0.15) is 9.29 Å². The van der Waals surface area contributed by atoms with Crippen LogP contribution in [0.2, 0.25) is 0 Å². The van der Waals surface area contributed by atoms with Crippen molar-refractivity contribution in [2.24, 2.45) is 0 Å². The van der Waals surface area contributed by atoms with E-state index >= 15 is 0 Å². The minimum atomic E-state index is -3.65. The van der Waals surface area contributed by atoms with Crippen LogP contribution < -0.4 is 0 Å². The van der Waals surface area contributed by atoms with E-state index in [1.165, 1.54) is 4.31 Å². The summed E-state index contributed by atoms with van der Waals surface area (Å²) in [5, 5.41) is 4.09. The number of aryl methyl sites for hydroxylation is 1. The summed E-state index contributed by atoms with van der Waals surface area (Å²) in [4.78, 5) is 4.82. The van der Waals surface area contributed by atoms with E-state index in [0.717, 1.165) is 23.1 Å². The normalized spacial score (nSPS) is 18.1. The van der Waals surface area contributed by atoms with Crippen molar-refractivity contribution < 1.29 is 12.9 Å². The summed E-state index contributed by atoms with van der Waals surface area (Å²) in [5.41, 5.74) is 3.02. The minimum Gasteiger partial charge on any atom is -0.337 e. The van der Waals surface area contributed by atoms with Gasteiger partial charge in [0.25, 0.3) is 0 Å². The van der Waals surface area contributed by atoms with Crippen LogP contribution in [0.15, 0.2) is 57.9 Å². The van der Waals surface area contributed by atoms with E-state index < -0.39 is 16.1 Å². The summed E-state index contributed by atoms with van der Waals surface area (Å²) in [5.74, 6) is 0.825. The largest absolute Gasteiger partial charge is 0.337 e. The van der Waals surface area contributed by atoms with Crippen molar-refractivity contribution in [2.75, 3.05) is 6.54 Å². The Balaban J connectivity index is 1.62. The Kier molecular flexibility index (Phi) is 5.28. The highest BCUT2D eigenvalue weighted by Gasteiger charge is 2.39. The SMILES string of the molecule is Cc1cccc(-c2noc([C@@H]3CCCN3S(=O)(=O)c3ccc(C(C)(C)C)cc3)n2)c1. The first-order valence-corrected chi connectivity index (χ1v) is 11.6. The van der Waals surface area contributed by atoms with Crippen molar-refractivity contribution in [3.63, 3.8) is 0 Å². The Hall–Kier alpha value is -2.51. The molecule has 1 saturated heterocycles. The van der Waals surface area contributed by atoms with Crippen molar-refractivity contribution in [3.05, 3.63) is 65.5 Å². The zero-order chi connectivity index (χ0) is 21.5. The summed E-state index contributed by atoms with van der Waals surface area (Å²) in [6.45, 7) is 8.76. The van der Waals surface area contributed by atoms with E-state index in [0.29, 0.717) is 29.6 Å². The molecule has 1 atom stereocenters. The van der Waals surface area contributed by atoms with E-state index in [-0.39, 0.29) is 5.41 Å². The van der Waals surface area contributed by atoms with Gasteiger partial charge in [0.15, 0.2) is 0 Å². The van der Waals surface area contributed by atoms with Crippen molar-refractivity contribution in [1.82, 2.24) is 14.4 Å². The molecule has 1 aliphatic heterocycles. The van der Waals surface area contributed by atoms with Gasteiger partial charge in [-0.1, -0.05) is 61.8 Å². The van der Waals surface area contributed by atoms with Crippen LogP contribution in [-0.2, 0) is 15.4 Å². The molecule has 2 aromatic carbocycles. The number of benzene rings is 2. The first kappa shape index (κ1) is 20.8. The van der Waals surface area contributed by atoms with Gasteiger partial charge < -0.3 is 4.52 Å². The zero-order valence-corrected chi connectivity index (χ0v) is 18.6. The van der Waals surface area contributed by atoms with Crippen molar-refractivity contribution in [1.29, 1.82) is 0 Å². The Bertz CT molecular complexity index is 1140. The molecule has 1 aliphatic rings. The number of sulfonamides is 1. The van der Waals surface area contributed by atoms with Crippen LogP contribution in [0.3, 0.4) is 0 Å². The van der Waals surface area contributed by atoms with Crippen LogP contribution in [0.5, 0.6) is 0 Å². The second-order valence-corrected chi connectivity index (χ2v) is 10.8. The maximum absolute atomic E-state index is 13.3. The van der Waals surface area contributed by atoms with E-state index in [2.05, 4.69) is 30.9 Å². The third-order valence-electron chi connectivity index (χ3n) is 5.53. The molecular weight excluding hydrogens is 398 g/mol. The molecule has 0 aliphatic carbocycles. The minimum absolute atomic E-state index is 0.0333. The fourth-order valence-corrected chi connectivity index (χ4v) is 5.46. The molecule has 0 N–H and O–H groups in total. The van der Waals surface area contributed by atoms with E-state index in [4.69, 9.17) is 4.52 Å². The van der Waals surface area contributed by atoms with Crippen molar-refractivity contribution in [2.45, 2.75) is 56.9 Å². The Morgan fingerprint density at radius 2 is 1.83 bits per heavy atom. The van der Waals surface area contributed by atoms with Gasteiger partial charge in [0.2, 0.25) is 21.7 Å². The predicted molar refractivity (Wildman–Crippen MR) is 115 cm³/mol. The maximum atomic E-state index is 13.3. The first-order chi connectivity index (χ1) is 14.2. The van der Waals surface area contributed by atoms with Gasteiger partial charge in [0.05, 0.1) is 4.90 Å². The lowest BCUT2D eigenvalue weighted by molar-refractivity contribution is 0.290. The molecule has 0 spiro atoms. The molecule has 158 valence electrons. The fraction of sp³-hybridized carbons (Fsp3) is 0.391. The van der Waals surface area contributed by atoms with Crippen LogP contribution >= 0.6 is 0 Å². The van der Waals surface area contributed by atoms with E-state index in [9.17, 15) is 8.42 Å². The number of hydrogen-bond acceptors (Lipinski definition) is 5.